The zero-order chi connectivity index (χ0) is 19.3. The van der Waals surface area contributed by atoms with Crippen LogP contribution in [0.3, 0.4) is 0 Å². The van der Waals surface area contributed by atoms with Crippen molar-refractivity contribution in [2.75, 3.05) is 18.4 Å². The summed E-state index contributed by atoms with van der Waals surface area (Å²) in [5.74, 6) is -0.00980. The molecular weight excluding hydrogens is 412 g/mol. The number of carbonyl (C=O) groups is 1. The molecule has 0 aromatic heterocycles. The first-order chi connectivity index (χ1) is 12.2. The van der Waals surface area contributed by atoms with Crippen molar-refractivity contribution in [3.8, 4) is 0 Å². The van der Waals surface area contributed by atoms with Crippen LogP contribution in [0.4, 0.5) is 5.69 Å². The highest BCUT2D eigenvalue weighted by Gasteiger charge is 2.20. The third-order valence-electron chi connectivity index (χ3n) is 4.20. The number of halogens is 2. The summed E-state index contributed by atoms with van der Waals surface area (Å²) in [6, 6.07) is 13.8. The average molecular weight is 438 g/mol. The minimum Gasteiger partial charge on any atom is -0.325 e. The van der Waals surface area contributed by atoms with Crippen molar-refractivity contribution >= 4 is 39.1 Å². The van der Waals surface area contributed by atoms with E-state index < -0.39 is 0 Å². The number of benzene rings is 2. The van der Waals surface area contributed by atoms with Gasteiger partial charge in [-0.1, -0.05) is 73.4 Å². The highest BCUT2D eigenvalue weighted by Crippen LogP contribution is 2.31. The van der Waals surface area contributed by atoms with Crippen LogP contribution in [0.5, 0.6) is 0 Å². The predicted octanol–water partition coefficient (Wildman–Crippen LogP) is 5.86. The zero-order valence-corrected chi connectivity index (χ0v) is 18.1. The first-order valence-corrected chi connectivity index (χ1v) is 9.93. The van der Waals surface area contributed by atoms with Gasteiger partial charge in [0.05, 0.1) is 6.54 Å². The quantitative estimate of drug-likeness (QED) is 0.614. The smallest absolute Gasteiger partial charge is 0.238 e. The Morgan fingerprint density at radius 1 is 1.15 bits per heavy atom. The van der Waals surface area contributed by atoms with E-state index in [1.165, 1.54) is 0 Å². The molecular formula is C21H26BrClN2O. The van der Waals surface area contributed by atoms with Crippen molar-refractivity contribution in [1.29, 1.82) is 0 Å². The number of nitrogens with zero attached hydrogens (tertiary/aromatic N) is 1. The summed E-state index contributed by atoms with van der Waals surface area (Å²) in [6.45, 7) is 10.3. The van der Waals surface area contributed by atoms with Gasteiger partial charge in [-0.25, -0.2) is 0 Å². The van der Waals surface area contributed by atoms with Crippen molar-refractivity contribution in [2.45, 2.75) is 39.7 Å². The summed E-state index contributed by atoms with van der Waals surface area (Å²) < 4.78 is 0.953. The molecule has 0 saturated heterocycles. The summed E-state index contributed by atoms with van der Waals surface area (Å²) in [5.41, 5.74) is 3.08. The van der Waals surface area contributed by atoms with E-state index in [2.05, 4.69) is 59.9 Å². The Kier molecular flexibility index (Phi) is 7.27. The van der Waals surface area contributed by atoms with Gasteiger partial charge in [-0.2, -0.15) is 0 Å². The van der Waals surface area contributed by atoms with Gasteiger partial charge in [0.2, 0.25) is 5.91 Å². The molecule has 0 unspecified atom stereocenters. The van der Waals surface area contributed by atoms with Crippen molar-refractivity contribution in [3.63, 3.8) is 0 Å². The summed E-state index contributed by atoms with van der Waals surface area (Å²) in [4.78, 5) is 14.7. The van der Waals surface area contributed by atoms with E-state index in [9.17, 15) is 4.79 Å². The van der Waals surface area contributed by atoms with E-state index in [0.29, 0.717) is 13.1 Å². The summed E-state index contributed by atoms with van der Waals surface area (Å²) in [7, 11) is 0. The molecule has 3 nitrogen and oxygen atoms in total. The molecule has 2 rings (SSSR count). The van der Waals surface area contributed by atoms with Crippen LogP contribution >= 0.6 is 27.5 Å². The van der Waals surface area contributed by atoms with Crippen LogP contribution in [0.2, 0.25) is 5.02 Å². The molecule has 0 heterocycles. The molecule has 0 aliphatic rings. The van der Waals surface area contributed by atoms with Gasteiger partial charge in [0.25, 0.3) is 0 Å². The molecule has 0 saturated carbocycles. The first kappa shape index (κ1) is 20.9. The molecule has 0 fully saturated rings. The number of amides is 1. The number of rotatable bonds is 6. The second-order valence-electron chi connectivity index (χ2n) is 7.42. The topological polar surface area (TPSA) is 32.3 Å². The number of hydrogen-bond acceptors (Lipinski definition) is 2. The van der Waals surface area contributed by atoms with E-state index in [1.54, 1.807) is 0 Å². The number of nitrogens with one attached hydrogen (secondary N) is 1. The van der Waals surface area contributed by atoms with Crippen molar-refractivity contribution in [2.24, 2.45) is 0 Å². The van der Waals surface area contributed by atoms with E-state index in [1.807, 2.05) is 36.4 Å². The predicted molar refractivity (Wildman–Crippen MR) is 114 cm³/mol. The van der Waals surface area contributed by atoms with Crippen LogP contribution in [-0.2, 0) is 16.8 Å². The van der Waals surface area contributed by atoms with Crippen molar-refractivity contribution < 1.29 is 4.79 Å². The number of likely N-dealkylation sites (N-methyl/N-ethyl adjacent to an activating group) is 1. The minimum absolute atomic E-state index is 0.00980. The monoisotopic (exact) mass is 436 g/mol. The molecule has 0 aliphatic carbocycles. The van der Waals surface area contributed by atoms with Crippen LogP contribution in [0.15, 0.2) is 46.9 Å². The van der Waals surface area contributed by atoms with E-state index in [0.717, 1.165) is 32.9 Å². The average Bonchev–Trinajstić information content (AvgIpc) is 2.55. The Bertz CT molecular complexity index is 754. The van der Waals surface area contributed by atoms with Crippen molar-refractivity contribution in [3.05, 3.63) is 63.1 Å². The Labute approximate surface area is 169 Å². The summed E-state index contributed by atoms with van der Waals surface area (Å²) >= 11 is 9.43. The van der Waals surface area contributed by atoms with E-state index in [4.69, 9.17) is 11.6 Å². The molecule has 26 heavy (non-hydrogen) atoms. The summed E-state index contributed by atoms with van der Waals surface area (Å²) in [5, 5.41) is 3.81. The third-order valence-corrected chi connectivity index (χ3v) is 4.94. The molecule has 0 radical (unpaired) electrons. The Balaban J connectivity index is 2.07. The van der Waals surface area contributed by atoms with Crippen LogP contribution in [0, 0.1) is 0 Å². The Morgan fingerprint density at radius 3 is 2.38 bits per heavy atom. The minimum atomic E-state index is -0.0446. The first-order valence-electron chi connectivity index (χ1n) is 8.75. The van der Waals surface area contributed by atoms with E-state index >= 15 is 0 Å². The van der Waals surface area contributed by atoms with Crippen molar-refractivity contribution in [1.82, 2.24) is 4.90 Å². The van der Waals surface area contributed by atoms with E-state index in [-0.39, 0.29) is 11.3 Å². The van der Waals surface area contributed by atoms with Gasteiger partial charge in [-0.05, 0) is 47.4 Å². The van der Waals surface area contributed by atoms with Gasteiger partial charge < -0.3 is 5.32 Å². The lowest BCUT2D eigenvalue weighted by atomic mass is 9.86. The fourth-order valence-corrected chi connectivity index (χ4v) is 3.28. The van der Waals surface area contributed by atoms with Crippen LogP contribution < -0.4 is 5.32 Å². The number of anilines is 1. The van der Waals surface area contributed by atoms with Crippen LogP contribution in [0.1, 0.15) is 38.8 Å². The largest absolute Gasteiger partial charge is 0.325 e. The highest BCUT2D eigenvalue weighted by molar-refractivity contribution is 9.10. The van der Waals surface area contributed by atoms with Gasteiger partial charge in [0.15, 0.2) is 0 Å². The SMILES string of the molecule is CCN(CC(=O)Nc1cc(Br)ccc1C(C)(C)C)Cc1ccc(Cl)cc1. The molecule has 0 bridgehead atoms. The fraction of sp³-hybridized carbons (Fsp3) is 0.381. The van der Waals surface area contributed by atoms with Gasteiger partial charge in [-0.3, -0.25) is 9.69 Å². The molecule has 2 aromatic carbocycles. The Morgan fingerprint density at radius 2 is 1.81 bits per heavy atom. The lowest BCUT2D eigenvalue weighted by Crippen LogP contribution is -2.33. The molecule has 0 atom stereocenters. The highest BCUT2D eigenvalue weighted by atomic mass is 79.9. The van der Waals surface area contributed by atoms with Gasteiger partial charge >= 0.3 is 0 Å². The number of hydrogen-bond donors (Lipinski definition) is 1. The second-order valence-corrected chi connectivity index (χ2v) is 8.77. The fourth-order valence-electron chi connectivity index (χ4n) is 2.79. The molecule has 2 aromatic rings. The molecule has 1 amide bonds. The van der Waals surface area contributed by atoms with Crippen LogP contribution in [0.25, 0.3) is 0 Å². The summed E-state index contributed by atoms with van der Waals surface area (Å²) in [6.07, 6.45) is 0. The zero-order valence-electron chi connectivity index (χ0n) is 15.8. The number of carbonyl (C=O) groups excluding carboxylic acids is 1. The maximum atomic E-state index is 12.6. The normalized spacial score (nSPS) is 11.7. The lowest BCUT2D eigenvalue weighted by molar-refractivity contribution is -0.117. The second kappa shape index (κ2) is 9.03. The Hall–Kier alpha value is -1.36. The lowest BCUT2D eigenvalue weighted by Gasteiger charge is -2.25. The molecule has 5 heteroatoms. The van der Waals surface area contributed by atoms with Gasteiger partial charge in [-0.15, -0.1) is 0 Å². The van der Waals surface area contributed by atoms with Gasteiger partial charge in [0.1, 0.15) is 0 Å². The molecule has 1 N–H and O–H groups in total. The maximum Gasteiger partial charge on any atom is 0.238 e. The molecule has 140 valence electrons. The standard InChI is InChI=1S/C21H26BrClN2O/c1-5-25(13-15-6-9-17(23)10-7-15)14-20(26)24-19-12-16(22)8-11-18(19)21(2,3)4/h6-12H,5,13-14H2,1-4H3,(H,24,26). The van der Waals surface area contributed by atoms with Crippen LogP contribution in [-0.4, -0.2) is 23.9 Å². The maximum absolute atomic E-state index is 12.6. The van der Waals surface area contributed by atoms with Gasteiger partial charge in [0, 0.05) is 21.7 Å². The third kappa shape index (κ3) is 6.11. The molecule has 0 aliphatic heterocycles. The molecule has 0 spiro atoms.